The van der Waals surface area contributed by atoms with E-state index in [0.29, 0.717) is 23.2 Å². The van der Waals surface area contributed by atoms with E-state index >= 15 is 0 Å². The van der Waals surface area contributed by atoms with E-state index < -0.39 is 0 Å². The molecule has 0 aromatic heterocycles. The number of ether oxygens (including phenoxy) is 2. The first-order chi connectivity index (χ1) is 6.77. The molecule has 0 saturated heterocycles. The van der Waals surface area contributed by atoms with E-state index in [1.165, 1.54) is 0 Å². The highest BCUT2D eigenvalue weighted by atomic mass is 79.9. The predicted octanol–water partition coefficient (Wildman–Crippen LogP) is 2.25. The van der Waals surface area contributed by atoms with Gasteiger partial charge in [-0.1, -0.05) is 22.0 Å². The van der Waals surface area contributed by atoms with Gasteiger partial charge in [0.1, 0.15) is 12.4 Å². The van der Waals surface area contributed by atoms with Crippen LogP contribution in [0.3, 0.4) is 0 Å². The van der Waals surface area contributed by atoms with Gasteiger partial charge < -0.3 is 9.47 Å². The Balaban J connectivity index is 2.69. The second kappa shape index (κ2) is 5.65. The number of methoxy groups -OCH3 is 1. The van der Waals surface area contributed by atoms with Gasteiger partial charge in [0.2, 0.25) is 0 Å². The molecule has 1 rings (SSSR count). The van der Waals surface area contributed by atoms with Crippen molar-refractivity contribution in [1.29, 1.82) is 0 Å². The molecular weight excluding hydrogens is 248 g/mol. The molecule has 0 amide bonds. The highest BCUT2D eigenvalue weighted by molar-refractivity contribution is 9.09. The summed E-state index contributed by atoms with van der Waals surface area (Å²) in [7, 11) is 1.56. The minimum absolute atomic E-state index is 0.330. The highest BCUT2D eigenvalue weighted by Gasteiger charge is 2.06. The summed E-state index contributed by atoms with van der Waals surface area (Å²) in [5, 5.41) is 0.642. The van der Waals surface area contributed by atoms with E-state index in [4.69, 9.17) is 9.47 Å². The summed E-state index contributed by atoms with van der Waals surface area (Å²) >= 11 is 3.18. The van der Waals surface area contributed by atoms with Crippen LogP contribution in [-0.4, -0.2) is 25.0 Å². The van der Waals surface area contributed by atoms with Crippen LogP contribution in [-0.2, 0) is 4.74 Å². The molecule has 0 aliphatic rings. The number of carbonyl (C=O) groups excluding carboxylic acids is 1. The van der Waals surface area contributed by atoms with Gasteiger partial charge in [0.05, 0.1) is 12.7 Å². The van der Waals surface area contributed by atoms with E-state index in [1.54, 1.807) is 31.4 Å². The molecule has 0 N–H and O–H groups in total. The van der Waals surface area contributed by atoms with Crippen molar-refractivity contribution >= 4 is 21.9 Å². The van der Waals surface area contributed by atoms with Crippen LogP contribution in [0.2, 0.25) is 0 Å². The summed E-state index contributed by atoms with van der Waals surface area (Å²) < 4.78 is 9.93. The molecule has 76 valence electrons. The maximum absolute atomic E-state index is 11.4. The van der Waals surface area contributed by atoms with Gasteiger partial charge in [0.15, 0.2) is 0 Å². The van der Waals surface area contributed by atoms with Crippen molar-refractivity contribution in [2.24, 2.45) is 0 Å². The molecule has 0 fully saturated rings. The monoisotopic (exact) mass is 258 g/mol. The highest BCUT2D eigenvalue weighted by Crippen LogP contribution is 2.13. The molecular formula is C10H11BrO3. The lowest BCUT2D eigenvalue weighted by Gasteiger charge is -2.04. The maximum atomic E-state index is 11.4. The number of hydrogen-bond acceptors (Lipinski definition) is 3. The van der Waals surface area contributed by atoms with Gasteiger partial charge in [-0.15, -0.1) is 0 Å². The Hall–Kier alpha value is -1.03. The van der Waals surface area contributed by atoms with Crippen molar-refractivity contribution in [2.45, 2.75) is 0 Å². The fourth-order valence-corrected chi connectivity index (χ4v) is 1.13. The molecule has 14 heavy (non-hydrogen) atoms. The third-order valence-electron chi connectivity index (χ3n) is 1.62. The number of halogens is 1. The number of alkyl halides is 1. The van der Waals surface area contributed by atoms with Crippen molar-refractivity contribution in [3.63, 3.8) is 0 Å². The zero-order valence-corrected chi connectivity index (χ0v) is 9.41. The number of hydrogen-bond donors (Lipinski definition) is 0. The lowest BCUT2D eigenvalue weighted by molar-refractivity contribution is 0.0531. The molecule has 4 heteroatoms. The third-order valence-corrected chi connectivity index (χ3v) is 1.94. The van der Waals surface area contributed by atoms with E-state index in [9.17, 15) is 4.79 Å². The van der Waals surface area contributed by atoms with Gasteiger partial charge in [0.25, 0.3) is 0 Å². The van der Waals surface area contributed by atoms with Crippen molar-refractivity contribution in [3.05, 3.63) is 29.8 Å². The van der Waals surface area contributed by atoms with Gasteiger partial charge in [-0.05, 0) is 18.2 Å². The van der Waals surface area contributed by atoms with Crippen molar-refractivity contribution in [3.8, 4) is 5.75 Å². The topological polar surface area (TPSA) is 35.5 Å². The minimum atomic E-state index is -0.330. The molecule has 0 spiro atoms. The zero-order valence-electron chi connectivity index (χ0n) is 7.83. The van der Waals surface area contributed by atoms with Gasteiger partial charge >= 0.3 is 5.97 Å². The van der Waals surface area contributed by atoms with Gasteiger partial charge in [-0.25, -0.2) is 4.79 Å². The summed E-state index contributed by atoms with van der Waals surface area (Å²) in [5.74, 6) is 0.321. The SMILES string of the molecule is COc1cccc(C(=O)OCCBr)c1. The van der Waals surface area contributed by atoms with Crippen LogP contribution < -0.4 is 4.74 Å². The average molecular weight is 259 g/mol. The molecule has 1 aromatic carbocycles. The van der Waals surface area contributed by atoms with Crippen LogP contribution >= 0.6 is 15.9 Å². The van der Waals surface area contributed by atoms with Crippen LogP contribution in [0.4, 0.5) is 0 Å². The standard InChI is InChI=1S/C10H11BrO3/c1-13-9-4-2-3-8(7-9)10(12)14-6-5-11/h2-4,7H,5-6H2,1H3. The number of carbonyl (C=O) groups is 1. The lowest BCUT2D eigenvalue weighted by atomic mass is 10.2. The Kier molecular flexibility index (Phi) is 4.46. The largest absolute Gasteiger partial charge is 0.497 e. The summed E-state index contributed by atoms with van der Waals surface area (Å²) in [6.07, 6.45) is 0. The summed E-state index contributed by atoms with van der Waals surface area (Å²) in [4.78, 5) is 11.4. The molecule has 0 aliphatic carbocycles. The smallest absolute Gasteiger partial charge is 0.338 e. The second-order valence-corrected chi connectivity index (χ2v) is 3.35. The Morgan fingerprint density at radius 3 is 2.93 bits per heavy atom. The molecule has 0 unspecified atom stereocenters. The van der Waals surface area contributed by atoms with Crippen LogP contribution in [0.15, 0.2) is 24.3 Å². The Morgan fingerprint density at radius 2 is 2.29 bits per heavy atom. The Labute approximate surface area is 91.1 Å². The van der Waals surface area contributed by atoms with Crippen LogP contribution in [0, 0.1) is 0 Å². The van der Waals surface area contributed by atoms with Crippen molar-refractivity contribution in [1.82, 2.24) is 0 Å². The molecule has 0 aliphatic heterocycles. The van der Waals surface area contributed by atoms with Crippen molar-refractivity contribution in [2.75, 3.05) is 19.0 Å². The quantitative estimate of drug-likeness (QED) is 0.614. The van der Waals surface area contributed by atoms with Gasteiger partial charge in [0, 0.05) is 5.33 Å². The number of esters is 1. The molecule has 3 nitrogen and oxygen atoms in total. The molecule has 0 saturated carbocycles. The van der Waals surface area contributed by atoms with Crippen LogP contribution in [0.25, 0.3) is 0 Å². The Morgan fingerprint density at radius 1 is 1.50 bits per heavy atom. The maximum Gasteiger partial charge on any atom is 0.338 e. The first kappa shape index (κ1) is 11.0. The number of benzene rings is 1. The zero-order chi connectivity index (χ0) is 10.4. The summed E-state index contributed by atoms with van der Waals surface area (Å²) in [6, 6.07) is 6.88. The van der Waals surface area contributed by atoms with Gasteiger partial charge in [-0.3, -0.25) is 0 Å². The number of rotatable bonds is 4. The first-order valence-electron chi connectivity index (χ1n) is 4.15. The third kappa shape index (κ3) is 3.03. The van der Waals surface area contributed by atoms with E-state index in [2.05, 4.69) is 15.9 Å². The summed E-state index contributed by atoms with van der Waals surface area (Å²) in [6.45, 7) is 0.371. The molecule has 0 bridgehead atoms. The van der Waals surface area contributed by atoms with Crippen LogP contribution in [0.1, 0.15) is 10.4 Å². The molecule has 0 heterocycles. The van der Waals surface area contributed by atoms with E-state index in [0.717, 1.165) is 0 Å². The molecule has 1 aromatic rings. The van der Waals surface area contributed by atoms with Crippen LogP contribution in [0.5, 0.6) is 5.75 Å². The fourth-order valence-electron chi connectivity index (χ4n) is 0.965. The summed E-state index contributed by atoms with van der Waals surface area (Å²) in [5.41, 5.74) is 0.505. The van der Waals surface area contributed by atoms with E-state index in [1.807, 2.05) is 0 Å². The predicted molar refractivity (Wildman–Crippen MR) is 57.1 cm³/mol. The van der Waals surface area contributed by atoms with E-state index in [-0.39, 0.29) is 5.97 Å². The molecule has 0 radical (unpaired) electrons. The lowest BCUT2D eigenvalue weighted by Crippen LogP contribution is -2.06. The molecule has 0 atom stereocenters. The Bertz CT molecular complexity index is 312. The van der Waals surface area contributed by atoms with Crippen molar-refractivity contribution < 1.29 is 14.3 Å². The minimum Gasteiger partial charge on any atom is -0.497 e. The fraction of sp³-hybridized carbons (Fsp3) is 0.300. The average Bonchev–Trinajstić information content (AvgIpc) is 2.26. The second-order valence-electron chi connectivity index (χ2n) is 2.56. The normalized spacial score (nSPS) is 9.57. The first-order valence-corrected chi connectivity index (χ1v) is 5.27. The van der Waals surface area contributed by atoms with Gasteiger partial charge in [-0.2, -0.15) is 0 Å².